The monoisotopic (exact) mass is 241 g/mol. The van der Waals surface area contributed by atoms with Crippen LogP contribution in [0.15, 0.2) is 30.5 Å². The van der Waals surface area contributed by atoms with Crippen molar-refractivity contribution in [3.63, 3.8) is 0 Å². The number of nitrogens with zero attached hydrogens (tertiary/aromatic N) is 3. The molecule has 0 unspecified atom stereocenters. The van der Waals surface area contributed by atoms with Gasteiger partial charge in [-0.1, -0.05) is 12.1 Å². The average Bonchev–Trinajstić information content (AvgIpc) is 2.91. The minimum atomic E-state index is 0.307. The molecule has 0 bridgehead atoms. The number of benzene rings is 1. The number of nitrogens with two attached hydrogens (primary N) is 1. The molecule has 2 aromatic heterocycles. The quantitative estimate of drug-likeness (QED) is 0.724. The highest BCUT2D eigenvalue weighted by Gasteiger charge is 2.17. The van der Waals surface area contributed by atoms with Gasteiger partial charge in [-0.2, -0.15) is 5.10 Å². The largest absolute Gasteiger partial charge is 0.383 e. The molecular weight excluding hydrogens is 226 g/mol. The van der Waals surface area contributed by atoms with Gasteiger partial charge in [-0.15, -0.1) is 0 Å². The highest BCUT2D eigenvalue weighted by atomic mass is 15.2. The maximum absolute atomic E-state index is 5.89. The van der Waals surface area contributed by atoms with E-state index in [1.54, 1.807) is 6.20 Å². The van der Waals surface area contributed by atoms with Gasteiger partial charge in [-0.05, 0) is 26.0 Å². The molecule has 0 amide bonds. The second-order valence-electron chi connectivity index (χ2n) is 4.59. The standard InChI is InChI=1S/C13H15N5/c1-8(2)18-11-6-4-3-5-10(11)16-13(18)9-7-15-17-12(9)14/h3-8H,1-2H3,(H3,14,15,17). The van der Waals surface area contributed by atoms with Gasteiger partial charge in [-0.3, -0.25) is 5.10 Å². The predicted octanol–water partition coefficient (Wildman–Crippen LogP) is 2.59. The Morgan fingerprint density at radius 1 is 1.28 bits per heavy atom. The van der Waals surface area contributed by atoms with Crippen LogP contribution in [0.1, 0.15) is 19.9 Å². The van der Waals surface area contributed by atoms with Gasteiger partial charge in [-0.25, -0.2) is 4.98 Å². The van der Waals surface area contributed by atoms with Crippen LogP contribution in [0.3, 0.4) is 0 Å². The van der Waals surface area contributed by atoms with Gasteiger partial charge >= 0.3 is 0 Å². The van der Waals surface area contributed by atoms with Crippen molar-refractivity contribution in [1.29, 1.82) is 0 Å². The van der Waals surface area contributed by atoms with Gasteiger partial charge in [0.2, 0.25) is 0 Å². The van der Waals surface area contributed by atoms with Crippen molar-refractivity contribution in [3.05, 3.63) is 30.5 Å². The number of H-pyrrole nitrogens is 1. The lowest BCUT2D eigenvalue weighted by molar-refractivity contribution is 0.624. The smallest absolute Gasteiger partial charge is 0.146 e. The van der Waals surface area contributed by atoms with Crippen LogP contribution in [0.4, 0.5) is 5.82 Å². The highest BCUT2D eigenvalue weighted by molar-refractivity contribution is 5.82. The van der Waals surface area contributed by atoms with E-state index in [1.165, 1.54) is 0 Å². The number of aromatic nitrogens is 4. The first-order valence-corrected chi connectivity index (χ1v) is 5.94. The number of imidazole rings is 1. The lowest BCUT2D eigenvalue weighted by Gasteiger charge is -2.12. The molecule has 0 radical (unpaired) electrons. The number of nitrogens with one attached hydrogen (secondary N) is 1. The van der Waals surface area contributed by atoms with Crippen LogP contribution in [0.25, 0.3) is 22.4 Å². The highest BCUT2D eigenvalue weighted by Crippen LogP contribution is 2.30. The molecule has 5 heteroatoms. The predicted molar refractivity (Wildman–Crippen MR) is 72.1 cm³/mol. The van der Waals surface area contributed by atoms with Crippen LogP contribution in [-0.4, -0.2) is 19.7 Å². The van der Waals surface area contributed by atoms with Crippen LogP contribution >= 0.6 is 0 Å². The zero-order chi connectivity index (χ0) is 12.7. The minimum Gasteiger partial charge on any atom is -0.383 e. The van der Waals surface area contributed by atoms with Crippen LogP contribution in [-0.2, 0) is 0 Å². The molecule has 0 spiro atoms. The fourth-order valence-corrected chi connectivity index (χ4v) is 2.23. The lowest BCUT2D eigenvalue weighted by Crippen LogP contribution is -2.03. The summed E-state index contributed by atoms with van der Waals surface area (Å²) in [5, 5.41) is 6.72. The molecule has 3 rings (SSSR count). The van der Waals surface area contributed by atoms with E-state index in [9.17, 15) is 0 Å². The number of aromatic amines is 1. The summed E-state index contributed by atoms with van der Waals surface area (Å²) in [5.41, 5.74) is 8.83. The topological polar surface area (TPSA) is 72.5 Å². The number of hydrogen-bond acceptors (Lipinski definition) is 3. The molecule has 0 aliphatic carbocycles. The Kier molecular flexibility index (Phi) is 2.33. The zero-order valence-electron chi connectivity index (χ0n) is 10.4. The van der Waals surface area contributed by atoms with Crippen LogP contribution < -0.4 is 5.73 Å². The summed E-state index contributed by atoms with van der Waals surface area (Å²) < 4.78 is 2.18. The molecule has 18 heavy (non-hydrogen) atoms. The SMILES string of the molecule is CC(C)n1c(-c2cn[nH]c2N)nc2ccccc21. The van der Waals surface area contributed by atoms with Crippen molar-refractivity contribution in [1.82, 2.24) is 19.7 Å². The third-order valence-electron chi connectivity index (χ3n) is 3.02. The fraction of sp³-hybridized carbons (Fsp3) is 0.231. The minimum absolute atomic E-state index is 0.307. The van der Waals surface area contributed by atoms with E-state index in [0.717, 1.165) is 22.4 Å². The van der Waals surface area contributed by atoms with Crippen LogP contribution in [0, 0.1) is 0 Å². The van der Waals surface area contributed by atoms with E-state index in [4.69, 9.17) is 5.73 Å². The Morgan fingerprint density at radius 3 is 2.72 bits per heavy atom. The average molecular weight is 241 g/mol. The Hall–Kier alpha value is -2.30. The van der Waals surface area contributed by atoms with Crippen molar-refractivity contribution in [2.75, 3.05) is 5.73 Å². The number of rotatable bonds is 2. The summed E-state index contributed by atoms with van der Waals surface area (Å²) in [6.45, 7) is 4.27. The molecule has 0 atom stereocenters. The fourth-order valence-electron chi connectivity index (χ4n) is 2.23. The number of anilines is 1. The lowest BCUT2D eigenvalue weighted by atomic mass is 10.2. The van der Waals surface area contributed by atoms with E-state index >= 15 is 0 Å². The molecule has 2 heterocycles. The molecule has 0 fully saturated rings. The van der Waals surface area contributed by atoms with E-state index in [-0.39, 0.29) is 0 Å². The van der Waals surface area contributed by atoms with E-state index in [0.29, 0.717) is 11.9 Å². The number of para-hydroxylation sites is 2. The number of nitrogen functional groups attached to an aromatic ring is 1. The van der Waals surface area contributed by atoms with Crippen molar-refractivity contribution in [3.8, 4) is 11.4 Å². The maximum Gasteiger partial charge on any atom is 0.146 e. The van der Waals surface area contributed by atoms with E-state index in [2.05, 4.69) is 39.7 Å². The molecule has 0 saturated carbocycles. The number of fused-ring (bicyclic) bond motifs is 1. The van der Waals surface area contributed by atoms with Gasteiger partial charge in [0.05, 0.1) is 22.8 Å². The van der Waals surface area contributed by atoms with E-state index < -0.39 is 0 Å². The molecule has 0 aliphatic rings. The Labute approximate surface area is 105 Å². The summed E-state index contributed by atoms with van der Waals surface area (Å²) in [5.74, 6) is 1.41. The van der Waals surface area contributed by atoms with Gasteiger partial charge in [0.1, 0.15) is 11.6 Å². The Bertz CT molecular complexity index is 692. The zero-order valence-corrected chi connectivity index (χ0v) is 10.4. The van der Waals surface area contributed by atoms with Crippen molar-refractivity contribution >= 4 is 16.9 Å². The first kappa shape index (κ1) is 10.8. The third kappa shape index (κ3) is 1.48. The summed E-state index contributed by atoms with van der Waals surface area (Å²) in [7, 11) is 0. The first-order valence-electron chi connectivity index (χ1n) is 5.94. The summed E-state index contributed by atoms with van der Waals surface area (Å²) in [6.07, 6.45) is 1.72. The molecule has 3 aromatic rings. The van der Waals surface area contributed by atoms with Crippen molar-refractivity contribution < 1.29 is 0 Å². The van der Waals surface area contributed by atoms with Gasteiger partial charge in [0, 0.05) is 6.04 Å². The molecule has 0 saturated heterocycles. The number of hydrogen-bond donors (Lipinski definition) is 2. The van der Waals surface area contributed by atoms with Crippen LogP contribution in [0.5, 0.6) is 0 Å². The molecule has 92 valence electrons. The second kappa shape index (κ2) is 3.87. The van der Waals surface area contributed by atoms with Crippen molar-refractivity contribution in [2.24, 2.45) is 0 Å². The normalized spacial score (nSPS) is 11.5. The first-order chi connectivity index (χ1) is 8.68. The second-order valence-corrected chi connectivity index (χ2v) is 4.59. The summed E-state index contributed by atoms with van der Waals surface area (Å²) >= 11 is 0. The summed E-state index contributed by atoms with van der Waals surface area (Å²) in [4.78, 5) is 4.66. The van der Waals surface area contributed by atoms with Gasteiger partial charge in [0.25, 0.3) is 0 Å². The molecule has 0 aliphatic heterocycles. The van der Waals surface area contributed by atoms with Crippen molar-refractivity contribution in [2.45, 2.75) is 19.9 Å². The van der Waals surface area contributed by atoms with Gasteiger partial charge in [0.15, 0.2) is 0 Å². The van der Waals surface area contributed by atoms with Gasteiger partial charge < -0.3 is 10.3 Å². The molecule has 5 nitrogen and oxygen atoms in total. The summed E-state index contributed by atoms with van der Waals surface area (Å²) in [6, 6.07) is 8.39. The Balaban J connectivity index is 2.35. The third-order valence-corrected chi connectivity index (χ3v) is 3.02. The molecule has 1 aromatic carbocycles. The molecule has 3 N–H and O–H groups in total. The van der Waals surface area contributed by atoms with Crippen LogP contribution in [0.2, 0.25) is 0 Å². The van der Waals surface area contributed by atoms with E-state index in [1.807, 2.05) is 18.2 Å². The Morgan fingerprint density at radius 2 is 2.06 bits per heavy atom. The molecular formula is C13H15N5. The maximum atomic E-state index is 5.89.